The Labute approximate surface area is 168 Å². The van der Waals surface area contributed by atoms with Gasteiger partial charge in [0.25, 0.3) is 5.91 Å². The van der Waals surface area contributed by atoms with Gasteiger partial charge in [0.1, 0.15) is 5.75 Å². The van der Waals surface area contributed by atoms with Gasteiger partial charge in [-0.1, -0.05) is 39.0 Å². The molecule has 2 aromatic carbocycles. The third-order valence-electron chi connectivity index (χ3n) is 4.67. The second kappa shape index (κ2) is 9.00. The van der Waals surface area contributed by atoms with E-state index in [1.54, 1.807) is 21.1 Å². The molecule has 0 radical (unpaired) electrons. The molecule has 0 aliphatic rings. The Kier molecular flexibility index (Phi) is 6.95. The van der Waals surface area contributed by atoms with E-state index in [4.69, 9.17) is 14.2 Å². The van der Waals surface area contributed by atoms with Crippen molar-refractivity contribution in [1.82, 2.24) is 5.32 Å². The van der Waals surface area contributed by atoms with Crippen molar-refractivity contribution in [2.45, 2.75) is 52.2 Å². The normalized spacial score (nSPS) is 13.4. The van der Waals surface area contributed by atoms with Crippen molar-refractivity contribution in [2.75, 3.05) is 14.2 Å². The van der Waals surface area contributed by atoms with E-state index in [2.05, 4.69) is 26.1 Å². The largest absolute Gasteiger partial charge is 0.493 e. The van der Waals surface area contributed by atoms with Crippen LogP contribution in [-0.4, -0.2) is 26.2 Å². The molecule has 0 bridgehead atoms. The summed E-state index contributed by atoms with van der Waals surface area (Å²) < 4.78 is 16.4. The van der Waals surface area contributed by atoms with Gasteiger partial charge in [0.15, 0.2) is 17.6 Å². The number of hydrogen-bond donors (Lipinski definition) is 1. The number of nitrogens with one attached hydrogen (secondary N) is 1. The van der Waals surface area contributed by atoms with Gasteiger partial charge in [0.2, 0.25) is 0 Å². The topological polar surface area (TPSA) is 56.8 Å². The molecule has 0 aliphatic carbocycles. The van der Waals surface area contributed by atoms with Crippen LogP contribution >= 0.6 is 0 Å². The first-order valence-electron chi connectivity index (χ1n) is 9.45. The van der Waals surface area contributed by atoms with Crippen LogP contribution in [0.3, 0.4) is 0 Å². The molecule has 28 heavy (non-hydrogen) atoms. The molecule has 0 saturated heterocycles. The molecule has 5 nitrogen and oxygen atoms in total. The monoisotopic (exact) mass is 385 g/mol. The summed E-state index contributed by atoms with van der Waals surface area (Å²) in [6, 6.07) is 13.3. The summed E-state index contributed by atoms with van der Waals surface area (Å²) in [6.45, 7) is 10.1. The van der Waals surface area contributed by atoms with Crippen LogP contribution in [0.5, 0.6) is 17.2 Å². The maximum Gasteiger partial charge on any atom is 0.261 e. The highest BCUT2D eigenvalue weighted by atomic mass is 16.5. The van der Waals surface area contributed by atoms with Gasteiger partial charge in [0.05, 0.1) is 20.3 Å². The first kappa shape index (κ1) is 21.6. The Morgan fingerprint density at radius 1 is 0.929 bits per heavy atom. The average Bonchev–Trinajstić information content (AvgIpc) is 2.66. The predicted molar refractivity (Wildman–Crippen MR) is 111 cm³/mol. The van der Waals surface area contributed by atoms with E-state index >= 15 is 0 Å². The minimum atomic E-state index is -0.608. The second-order valence-corrected chi connectivity index (χ2v) is 7.88. The van der Waals surface area contributed by atoms with E-state index in [-0.39, 0.29) is 17.4 Å². The van der Waals surface area contributed by atoms with E-state index < -0.39 is 6.10 Å². The Morgan fingerprint density at radius 2 is 1.54 bits per heavy atom. The van der Waals surface area contributed by atoms with E-state index in [1.807, 2.05) is 49.4 Å². The number of ether oxygens (including phenoxy) is 3. The zero-order chi connectivity index (χ0) is 20.9. The lowest BCUT2D eigenvalue weighted by Crippen LogP contribution is -2.37. The van der Waals surface area contributed by atoms with Gasteiger partial charge < -0.3 is 19.5 Å². The zero-order valence-corrected chi connectivity index (χ0v) is 17.8. The smallest absolute Gasteiger partial charge is 0.261 e. The first-order chi connectivity index (χ1) is 13.2. The van der Waals surface area contributed by atoms with E-state index in [9.17, 15) is 4.79 Å². The molecule has 2 aromatic rings. The molecule has 1 amide bonds. The number of methoxy groups -OCH3 is 2. The Bertz CT molecular complexity index is 793. The molecule has 2 atom stereocenters. The molecule has 0 heterocycles. The molecule has 0 saturated carbocycles. The molecule has 0 aliphatic heterocycles. The van der Waals surface area contributed by atoms with Gasteiger partial charge in [-0.3, -0.25) is 4.79 Å². The van der Waals surface area contributed by atoms with Crippen LogP contribution in [0.4, 0.5) is 0 Å². The molecule has 0 spiro atoms. The highest BCUT2D eigenvalue weighted by Crippen LogP contribution is 2.30. The van der Waals surface area contributed by atoms with Crippen molar-refractivity contribution in [1.29, 1.82) is 0 Å². The molecule has 0 aromatic heterocycles. The van der Waals surface area contributed by atoms with Crippen LogP contribution in [0.2, 0.25) is 0 Å². The Morgan fingerprint density at radius 3 is 2.07 bits per heavy atom. The maximum atomic E-state index is 12.5. The summed E-state index contributed by atoms with van der Waals surface area (Å²) in [4.78, 5) is 12.5. The van der Waals surface area contributed by atoms with E-state index in [1.165, 1.54) is 5.56 Å². The maximum absolute atomic E-state index is 12.5. The molecular formula is C23H31NO4. The second-order valence-electron chi connectivity index (χ2n) is 7.88. The van der Waals surface area contributed by atoms with Crippen LogP contribution in [-0.2, 0) is 10.2 Å². The van der Waals surface area contributed by atoms with Gasteiger partial charge in [-0.05, 0) is 54.7 Å². The van der Waals surface area contributed by atoms with Crippen LogP contribution in [0.15, 0.2) is 42.5 Å². The number of benzene rings is 2. The van der Waals surface area contributed by atoms with Gasteiger partial charge in [-0.15, -0.1) is 0 Å². The quantitative estimate of drug-likeness (QED) is 0.754. The summed E-state index contributed by atoms with van der Waals surface area (Å²) in [5.74, 6) is 1.78. The van der Waals surface area contributed by atoms with Crippen LogP contribution < -0.4 is 19.5 Å². The fourth-order valence-electron chi connectivity index (χ4n) is 2.83. The van der Waals surface area contributed by atoms with Crippen molar-refractivity contribution >= 4 is 5.91 Å². The summed E-state index contributed by atoms with van der Waals surface area (Å²) in [6.07, 6.45) is -0.608. The lowest BCUT2D eigenvalue weighted by molar-refractivity contribution is -0.127. The lowest BCUT2D eigenvalue weighted by Gasteiger charge is -2.21. The van der Waals surface area contributed by atoms with Gasteiger partial charge in [0, 0.05) is 0 Å². The standard InChI is InChI=1S/C23H31NO4/c1-15(17-8-13-20(26-6)21(14-17)27-7)24-22(25)16(2)28-19-11-9-18(10-12-19)23(3,4)5/h8-16H,1-7H3,(H,24,25)/t15-,16+/m0/s1. The number of carbonyl (C=O) groups is 1. The third-order valence-corrected chi connectivity index (χ3v) is 4.67. The fraction of sp³-hybridized carbons (Fsp3) is 0.435. The zero-order valence-electron chi connectivity index (χ0n) is 17.8. The predicted octanol–water partition coefficient (Wildman–Crippen LogP) is 4.65. The van der Waals surface area contributed by atoms with Gasteiger partial charge in [-0.25, -0.2) is 0 Å². The van der Waals surface area contributed by atoms with Crippen molar-refractivity contribution < 1.29 is 19.0 Å². The van der Waals surface area contributed by atoms with Crippen LogP contribution in [0, 0.1) is 0 Å². The number of carbonyl (C=O) groups excluding carboxylic acids is 1. The first-order valence-corrected chi connectivity index (χ1v) is 9.45. The average molecular weight is 386 g/mol. The van der Waals surface area contributed by atoms with Gasteiger partial charge >= 0.3 is 0 Å². The highest BCUT2D eigenvalue weighted by Gasteiger charge is 2.19. The highest BCUT2D eigenvalue weighted by molar-refractivity contribution is 5.81. The Hall–Kier alpha value is -2.69. The molecule has 0 fully saturated rings. The summed E-state index contributed by atoms with van der Waals surface area (Å²) >= 11 is 0. The number of hydrogen-bond acceptors (Lipinski definition) is 4. The SMILES string of the molecule is COc1ccc([C@H](C)NC(=O)[C@@H](C)Oc2ccc(C(C)(C)C)cc2)cc1OC. The number of rotatable bonds is 7. The van der Waals surface area contributed by atoms with Crippen molar-refractivity contribution in [2.24, 2.45) is 0 Å². The molecular weight excluding hydrogens is 354 g/mol. The minimum absolute atomic E-state index is 0.0797. The molecule has 152 valence electrons. The van der Waals surface area contributed by atoms with Crippen molar-refractivity contribution in [3.05, 3.63) is 53.6 Å². The summed E-state index contributed by atoms with van der Waals surface area (Å²) in [5.41, 5.74) is 2.22. The third kappa shape index (κ3) is 5.41. The molecule has 2 rings (SSSR count). The van der Waals surface area contributed by atoms with Crippen LogP contribution in [0.25, 0.3) is 0 Å². The lowest BCUT2D eigenvalue weighted by atomic mass is 9.87. The molecule has 5 heteroatoms. The fourth-order valence-corrected chi connectivity index (χ4v) is 2.83. The Balaban J connectivity index is 2.00. The van der Waals surface area contributed by atoms with E-state index in [0.717, 1.165) is 5.56 Å². The summed E-state index contributed by atoms with van der Waals surface area (Å²) in [7, 11) is 3.18. The summed E-state index contributed by atoms with van der Waals surface area (Å²) in [5, 5.41) is 2.98. The minimum Gasteiger partial charge on any atom is -0.493 e. The van der Waals surface area contributed by atoms with Crippen molar-refractivity contribution in [3.63, 3.8) is 0 Å². The van der Waals surface area contributed by atoms with E-state index in [0.29, 0.717) is 17.2 Å². The molecule has 0 unspecified atom stereocenters. The molecule has 1 N–H and O–H groups in total. The van der Waals surface area contributed by atoms with Gasteiger partial charge in [-0.2, -0.15) is 0 Å². The number of amides is 1. The van der Waals surface area contributed by atoms with Crippen LogP contribution in [0.1, 0.15) is 51.8 Å². The van der Waals surface area contributed by atoms with Crippen molar-refractivity contribution in [3.8, 4) is 17.2 Å².